The fourth-order valence-corrected chi connectivity index (χ4v) is 3.13. The number of amides is 2. The van der Waals surface area contributed by atoms with E-state index in [1.54, 1.807) is 11.4 Å². The highest BCUT2D eigenvalue weighted by Gasteiger charge is 2.33. The molecule has 0 aliphatic heterocycles. The molecular formula is C14H18N2O4S. The highest BCUT2D eigenvalue weighted by molar-refractivity contribution is 7.08. The zero-order chi connectivity index (χ0) is 15.2. The molecule has 0 spiro atoms. The fraction of sp³-hybridized carbons (Fsp3) is 0.500. The van der Waals surface area contributed by atoms with Gasteiger partial charge in [0.05, 0.1) is 5.92 Å². The van der Waals surface area contributed by atoms with Crippen molar-refractivity contribution in [3.8, 4) is 0 Å². The lowest BCUT2D eigenvalue weighted by Crippen LogP contribution is -2.41. The van der Waals surface area contributed by atoms with Gasteiger partial charge in [-0.3, -0.25) is 14.4 Å². The van der Waals surface area contributed by atoms with Gasteiger partial charge in [0.1, 0.15) is 0 Å². The Hall–Kier alpha value is -1.89. The van der Waals surface area contributed by atoms with Crippen LogP contribution >= 0.6 is 11.3 Å². The second kappa shape index (κ2) is 7.21. The van der Waals surface area contributed by atoms with Crippen molar-refractivity contribution in [3.05, 3.63) is 22.4 Å². The Balaban J connectivity index is 1.70. The highest BCUT2D eigenvalue weighted by Crippen LogP contribution is 2.25. The molecule has 2 atom stereocenters. The number of hydrogen-bond acceptors (Lipinski definition) is 4. The predicted octanol–water partition coefficient (Wildman–Crippen LogP) is 1.24. The van der Waals surface area contributed by atoms with Crippen molar-refractivity contribution in [2.24, 2.45) is 5.92 Å². The normalized spacial score (nSPS) is 21.0. The number of nitrogens with one attached hydrogen (secondary N) is 2. The molecule has 0 aromatic carbocycles. The Kier molecular flexibility index (Phi) is 5.32. The number of carbonyl (C=O) groups excluding carboxylic acids is 2. The van der Waals surface area contributed by atoms with Gasteiger partial charge in [-0.25, -0.2) is 0 Å². The van der Waals surface area contributed by atoms with E-state index in [0.717, 1.165) is 6.42 Å². The van der Waals surface area contributed by atoms with Crippen molar-refractivity contribution in [2.75, 3.05) is 6.54 Å². The monoisotopic (exact) mass is 310 g/mol. The molecule has 0 radical (unpaired) electrons. The standard InChI is InChI=1S/C14H18N2O4S/c17-12(16-11-3-1-2-10(11)14(19)20)4-6-15-13(18)9-5-7-21-8-9/h5,7-8,10-11H,1-4,6H2,(H,15,18)(H,16,17)(H,19,20). The summed E-state index contributed by atoms with van der Waals surface area (Å²) in [4.78, 5) is 34.5. The minimum absolute atomic E-state index is 0.152. The van der Waals surface area contributed by atoms with Crippen LogP contribution in [0.1, 0.15) is 36.0 Å². The van der Waals surface area contributed by atoms with Crippen molar-refractivity contribution in [1.29, 1.82) is 0 Å². The summed E-state index contributed by atoms with van der Waals surface area (Å²) in [6.45, 7) is 0.241. The van der Waals surface area contributed by atoms with Crippen molar-refractivity contribution < 1.29 is 19.5 Å². The summed E-state index contributed by atoms with van der Waals surface area (Å²) >= 11 is 1.44. The number of carboxylic acid groups (broad SMARTS) is 1. The van der Waals surface area contributed by atoms with Crippen molar-refractivity contribution in [3.63, 3.8) is 0 Å². The van der Waals surface area contributed by atoms with E-state index in [1.165, 1.54) is 11.3 Å². The lowest BCUT2D eigenvalue weighted by Gasteiger charge is -2.17. The lowest BCUT2D eigenvalue weighted by molar-refractivity contribution is -0.142. The molecule has 3 N–H and O–H groups in total. The van der Waals surface area contributed by atoms with Crippen LogP contribution in [-0.2, 0) is 9.59 Å². The molecule has 2 rings (SSSR count). The van der Waals surface area contributed by atoms with Crippen LogP contribution in [0.15, 0.2) is 16.8 Å². The topological polar surface area (TPSA) is 95.5 Å². The minimum atomic E-state index is -0.858. The van der Waals surface area contributed by atoms with Gasteiger partial charge in [0, 0.05) is 30.0 Å². The molecule has 2 amide bonds. The van der Waals surface area contributed by atoms with E-state index >= 15 is 0 Å². The number of hydrogen-bond donors (Lipinski definition) is 3. The van der Waals surface area contributed by atoms with Gasteiger partial charge in [0.2, 0.25) is 5.91 Å². The molecule has 1 fully saturated rings. The fourth-order valence-electron chi connectivity index (χ4n) is 2.49. The third kappa shape index (κ3) is 4.29. The molecule has 0 bridgehead atoms. The summed E-state index contributed by atoms with van der Waals surface area (Å²) in [6, 6.07) is 1.43. The van der Waals surface area contributed by atoms with Gasteiger partial charge in [0.15, 0.2) is 0 Å². The Bertz CT molecular complexity index is 515. The quantitative estimate of drug-likeness (QED) is 0.736. The average molecular weight is 310 g/mol. The van der Waals surface area contributed by atoms with Crippen LogP contribution in [0.4, 0.5) is 0 Å². The van der Waals surface area contributed by atoms with E-state index in [-0.39, 0.29) is 30.8 Å². The second-order valence-corrected chi connectivity index (χ2v) is 5.85. The van der Waals surface area contributed by atoms with Crippen molar-refractivity contribution in [1.82, 2.24) is 10.6 Å². The molecule has 0 saturated heterocycles. The minimum Gasteiger partial charge on any atom is -0.481 e. The molecule has 1 saturated carbocycles. The number of thiophene rings is 1. The van der Waals surface area contributed by atoms with Gasteiger partial charge in [-0.05, 0) is 24.3 Å². The van der Waals surface area contributed by atoms with E-state index in [0.29, 0.717) is 18.4 Å². The Morgan fingerprint density at radius 3 is 2.81 bits per heavy atom. The van der Waals surface area contributed by atoms with Crippen molar-refractivity contribution >= 4 is 29.1 Å². The molecule has 1 heterocycles. The summed E-state index contributed by atoms with van der Waals surface area (Å²) in [5.74, 6) is -1.77. The molecule has 7 heteroatoms. The molecule has 6 nitrogen and oxygen atoms in total. The van der Waals surface area contributed by atoms with Gasteiger partial charge < -0.3 is 15.7 Å². The third-order valence-corrected chi connectivity index (χ3v) is 4.28. The van der Waals surface area contributed by atoms with Crippen molar-refractivity contribution in [2.45, 2.75) is 31.7 Å². The molecule has 1 aliphatic rings. The molecule has 21 heavy (non-hydrogen) atoms. The molecule has 1 aromatic heterocycles. The van der Waals surface area contributed by atoms with E-state index in [4.69, 9.17) is 5.11 Å². The molecule has 2 unspecified atom stereocenters. The van der Waals surface area contributed by atoms with E-state index < -0.39 is 11.9 Å². The average Bonchev–Trinajstić information content (AvgIpc) is 3.09. The maximum Gasteiger partial charge on any atom is 0.308 e. The van der Waals surface area contributed by atoms with Gasteiger partial charge in [-0.15, -0.1) is 0 Å². The SMILES string of the molecule is O=C(CCNC(=O)c1ccsc1)NC1CCCC1C(=O)O. The number of carboxylic acids is 1. The van der Waals surface area contributed by atoms with Gasteiger partial charge in [-0.1, -0.05) is 6.42 Å². The molecular weight excluding hydrogens is 292 g/mol. The maximum atomic E-state index is 11.8. The first-order valence-corrected chi connectivity index (χ1v) is 7.85. The van der Waals surface area contributed by atoms with E-state index in [1.807, 2.05) is 5.38 Å². The van der Waals surface area contributed by atoms with Gasteiger partial charge in [-0.2, -0.15) is 11.3 Å². The van der Waals surface area contributed by atoms with Crippen LogP contribution in [0.25, 0.3) is 0 Å². The summed E-state index contributed by atoms with van der Waals surface area (Å²) in [5.41, 5.74) is 0.585. The maximum absolute atomic E-state index is 11.8. The molecule has 114 valence electrons. The number of rotatable bonds is 6. The second-order valence-electron chi connectivity index (χ2n) is 5.07. The first-order valence-electron chi connectivity index (χ1n) is 6.90. The third-order valence-electron chi connectivity index (χ3n) is 3.60. The molecule has 1 aliphatic carbocycles. The summed E-state index contributed by atoms with van der Waals surface area (Å²) < 4.78 is 0. The highest BCUT2D eigenvalue weighted by atomic mass is 32.1. The summed E-state index contributed by atoms with van der Waals surface area (Å²) in [7, 11) is 0. The smallest absolute Gasteiger partial charge is 0.308 e. The molecule has 1 aromatic rings. The first kappa shape index (κ1) is 15.5. The zero-order valence-electron chi connectivity index (χ0n) is 11.5. The van der Waals surface area contributed by atoms with Crippen LogP contribution in [0, 0.1) is 5.92 Å². The summed E-state index contributed by atoms with van der Waals surface area (Å²) in [5, 5.41) is 18.0. The first-order chi connectivity index (χ1) is 10.1. The Labute approximate surface area is 126 Å². The zero-order valence-corrected chi connectivity index (χ0v) is 12.3. The van der Waals surface area contributed by atoms with Crippen LogP contribution in [0.2, 0.25) is 0 Å². The predicted molar refractivity (Wildman–Crippen MR) is 78.2 cm³/mol. The van der Waals surface area contributed by atoms with Crippen LogP contribution in [-0.4, -0.2) is 35.5 Å². The van der Waals surface area contributed by atoms with E-state index in [9.17, 15) is 14.4 Å². The largest absolute Gasteiger partial charge is 0.481 e. The van der Waals surface area contributed by atoms with Crippen LogP contribution in [0.3, 0.4) is 0 Å². The van der Waals surface area contributed by atoms with Gasteiger partial charge >= 0.3 is 5.97 Å². The van der Waals surface area contributed by atoms with E-state index in [2.05, 4.69) is 10.6 Å². The summed E-state index contributed by atoms with van der Waals surface area (Å²) in [6.07, 6.45) is 2.27. The van der Waals surface area contributed by atoms with Crippen LogP contribution in [0.5, 0.6) is 0 Å². The number of carbonyl (C=O) groups is 3. The lowest BCUT2D eigenvalue weighted by atomic mass is 10.0. The number of aliphatic carboxylic acids is 1. The Morgan fingerprint density at radius 2 is 2.14 bits per heavy atom. The van der Waals surface area contributed by atoms with Gasteiger partial charge in [0.25, 0.3) is 5.91 Å². The van der Waals surface area contributed by atoms with Crippen LogP contribution < -0.4 is 10.6 Å². The Morgan fingerprint density at radius 1 is 1.33 bits per heavy atom.